The summed E-state index contributed by atoms with van der Waals surface area (Å²) in [6, 6.07) is 9.88. The van der Waals surface area contributed by atoms with Crippen molar-refractivity contribution in [1.29, 1.82) is 0 Å². The Bertz CT molecular complexity index is 571. The van der Waals surface area contributed by atoms with Crippen LogP contribution in [0.1, 0.15) is 23.7 Å². The number of hydrogen-bond donors (Lipinski definition) is 0. The van der Waals surface area contributed by atoms with E-state index in [1.807, 2.05) is 24.3 Å². The summed E-state index contributed by atoms with van der Waals surface area (Å²) in [7, 11) is 0. The summed E-state index contributed by atoms with van der Waals surface area (Å²) in [5, 5.41) is 0.747. The van der Waals surface area contributed by atoms with Crippen molar-refractivity contribution in [2.24, 2.45) is 0 Å². The second-order valence-corrected chi connectivity index (χ2v) is 5.67. The lowest BCUT2D eigenvalue weighted by Crippen LogP contribution is -2.16. The largest absolute Gasteiger partial charge is 0.469 e. The number of fused-ring (bicyclic) bond motifs is 1. The van der Waals surface area contributed by atoms with Crippen LogP contribution in [0.5, 0.6) is 5.88 Å². The smallest absolute Gasteiger partial charge is 0.217 e. The molecule has 4 heteroatoms. The third-order valence-electron chi connectivity index (χ3n) is 3.06. The number of aromatic nitrogens is 1. The highest BCUT2D eigenvalue weighted by Gasteiger charge is 2.22. The molecule has 2 heterocycles. The highest BCUT2D eigenvalue weighted by molar-refractivity contribution is 9.10. The van der Waals surface area contributed by atoms with Gasteiger partial charge in [0.1, 0.15) is 6.10 Å². The second kappa shape index (κ2) is 4.90. The van der Waals surface area contributed by atoms with E-state index in [1.54, 1.807) is 6.20 Å². The monoisotopic (exact) mass is 323 g/mol. The third-order valence-corrected chi connectivity index (χ3v) is 3.75. The number of rotatable bonds is 1. The molecular formula is C14H11BrClNO. The van der Waals surface area contributed by atoms with Gasteiger partial charge in [-0.15, -0.1) is 0 Å². The van der Waals surface area contributed by atoms with Gasteiger partial charge in [0, 0.05) is 21.3 Å². The van der Waals surface area contributed by atoms with Crippen LogP contribution < -0.4 is 4.74 Å². The molecule has 1 aliphatic heterocycles. The van der Waals surface area contributed by atoms with Crippen molar-refractivity contribution in [1.82, 2.24) is 4.98 Å². The van der Waals surface area contributed by atoms with Crippen molar-refractivity contribution in [2.45, 2.75) is 18.9 Å². The fourth-order valence-corrected chi connectivity index (χ4v) is 2.65. The van der Waals surface area contributed by atoms with Gasteiger partial charge in [0.05, 0.1) is 0 Å². The van der Waals surface area contributed by atoms with Gasteiger partial charge >= 0.3 is 0 Å². The molecule has 1 atom stereocenters. The summed E-state index contributed by atoms with van der Waals surface area (Å²) in [4.78, 5) is 4.32. The van der Waals surface area contributed by atoms with Gasteiger partial charge in [0.2, 0.25) is 5.88 Å². The lowest BCUT2D eigenvalue weighted by Gasteiger charge is -2.25. The summed E-state index contributed by atoms with van der Waals surface area (Å²) in [5.41, 5.74) is 2.31. The zero-order valence-corrected chi connectivity index (χ0v) is 11.9. The summed E-state index contributed by atoms with van der Waals surface area (Å²) in [6.45, 7) is 0. The van der Waals surface area contributed by atoms with Crippen molar-refractivity contribution < 1.29 is 4.74 Å². The average Bonchev–Trinajstić information content (AvgIpc) is 2.39. The van der Waals surface area contributed by atoms with Crippen LogP contribution in [0.25, 0.3) is 0 Å². The van der Waals surface area contributed by atoms with Gasteiger partial charge < -0.3 is 4.74 Å². The summed E-state index contributed by atoms with van der Waals surface area (Å²) in [6.07, 6.45) is 3.79. The molecular weight excluding hydrogens is 314 g/mol. The van der Waals surface area contributed by atoms with E-state index in [2.05, 4.69) is 27.0 Å². The fraction of sp³-hybridized carbons (Fsp3) is 0.214. The molecule has 18 heavy (non-hydrogen) atoms. The molecule has 1 aromatic carbocycles. The van der Waals surface area contributed by atoms with Crippen molar-refractivity contribution in [2.75, 3.05) is 0 Å². The summed E-state index contributed by atoms with van der Waals surface area (Å²) in [5.74, 6) is 0.740. The van der Waals surface area contributed by atoms with E-state index in [0.717, 1.165) is 39.3 Å². The Balaban J connectivity index is 1.86. The van der Waals surface area contributed by atoms with Gasteiger partial charge in [-0.05, 0) is 52.5 Å². The quantitative estimate of drug-likeness (QED) is 0.767. The highest BCUT2D eigenvalue weighted by atomic mass is 79.9. The lowest BCUT2D eigenvalue weighted by molar-refractivity contribution is 0.168. The van der Waals surface area contributed by atoms with E-state index >= 15 is 0 Å². The third kappa shape index (κ3) is 2.38. The maximum atomic E-state index is 5.94. The molecule has 0 unspecified atom stereocenters. The predicted molar refractivity (Wildman–Crippen MR) is 75.1 cm³/mol. The topological polar surface area (TPSA) is 22.1 Å². The SMILES string of the molecule is Clc1ccc([C@@H]2CCc3cc(Br)cnc3O2)cc1. The number of halogens is 2. The van der Waals surface area contributed by atoms with Crippen molar-refractivity contribution in [3.8, 4) is 5.88 Å². The molecule has 0 saturated heterocycles. The molecule has 0 aliphatic carbocycles. The Morgan fingerprint density at radius 2 is 2.06 bits per heavy atom. The van der Waals surface area contributed by atoms with E-state index in [4.69, 9.17) is 16.3 Å². The van der Waals surface area contributed by atoms with Crippen molar-refractivity contribution in [3.63, 3.8) is 0 Å². The molecule has 0 spiro atoms. The Labute approximate surface area is 119 Å². The Morgan fingerprint density at radius 3 is 2.83 bits per heavy atom. The minimum atomic E-state index is 0.0726. The van der Waals surface area contributed by atoms with Gasteiger partial charge in [0.25, 0.3) is 0 Å². The molecule has 1 aliphatic rings. The predicted octanol–water partition coefficient (Wildman–Crippen LogP) is 4.56. The molecule has 1 aromatic heterocycles. The van der Waals surface area contributed by atoms with E-state index < -0.39 is 0 Å². The first kappa shape index (κ1) is 12.0. The molecule has 0 fully saturated rings. The molecule has 2 aromatic rings. The minimum absolute atomic E-state index is 0.0726. The highest BCUT2D eigenvalue weighted by Crippen LogP contribution is 2.34. The van der Waals surface area contributed by atoms with Crippen LogP contribution in [-0.2, 0) is 6.42 Å². The first-order valence-electron chi connectivity index (χ1n) is 5.79. The van der Waals surface area contributed by atoms with E-state index in [1.165, 1.54) is 0 Å². The number of benzene rings is 1. The van der Waals surface area contributed by atoms with Gasteiger partial charge in [-0.2, -0.15) is 0 Å². The molecule has 0 N–H and O–H groups in total. The van der Waals surface area contributed by atoms with Crippen LogP contribution in [0, 0.1) is 0 Å². The minimum Gasteiger partial charge on any atom is -0.469 e. The van der Waals surface area contributed by atoms with Crippen LogP contribution in [0.3, 0.4) is 0 Å². The lowest BCUT2D eigenvalue weighted by atomic mass is 9.99. The second-order valence-electron chi connectivity index (χ2n) is 4.31. The maximum Gasteiger partial charge on any atom is 0.217 e. The first-order valence-corrected chi connectivity index (χ1v) is 6.96. The van der Waals surface area contributed by atoms with Gasteiger partial charge in [0.15, 0.2) is 0 Å². The Morgan fingerprint density at radius 1 is 1.28 bits per heavy atom. The Hall–Kier alpha value is -1.06. The normalized spacial score (nSPS) is 18.0. The zero-order valence-electron chi connectivity index (χ0n) is 9.57. The molecule has 92 valence electrons. The van der Waals surface area contributed by atoms with E-state index in [9.17, 15) is 0 Å². The van der Waals surface area contributed by atoms with Crippen LogP contribution in [-0.4, -0.2) is 4.98 Å². The standard InChI is InChI=1S/C14H11BrClNO/c15-11-7-10-3-6-13(18-14(10)17-8-11)9-1-4-12(16)5-2-9/h1-2,4-5,7-8,13H,3,6H2/t13-/m0/s1. The van der Waals surface area contributed by atoms with E-state index in [0.29, 0.717) is 0 Å². The summed E-state index contributed by atoms with van der Waals surface area (Å²) >= 11 is 9.32. The molecule has 3 rings (SSSR count). The molecule has 0 amide bonds. The van der Waals surface area contributed by atoms with Gasteiger partial charge in [-0.1, -0.05) is 23.7 Å². The Kier molecular flexibility index (Phi) is 3.27. The molecule has 0 saturated carbocycles. The average molecular weight is 325 g/mol. The molecule has 0 bridgehead atoms. The van der Waals surface area contributed by atoms with Crippen LogP contribution in [0.2, 0.25) is 5.02 Å². The number of aryl methyl sites for hydroxylation is 1. The van der Waals surface area contributed by atoms with Gasteiger partial charge in [-0.25, -0.2) is 4.98 Å². The number of hydrogen-bond acceptors (Lipinski definition) is 2. The van der Waals surface area contributed by atoms with Crippen LogP contribution in [0.4, 0.5) is 0 Å². The van der Waals surface area contributed by atoms with E-state index in [-0.39, 0.29) is 6.10 Å². The molecule has 0 radical (unpaired) electrons. The number of ether oxygens (including phenoxy) is 1. The first-order chi connectivity index (χ1) is 8.72. The van der Waals surface area contributed by atoms with Crippen LogP contribution in [0.15, 0.2) is 41.0 Å². The number of nitrogens with zero attached hydrogens (tertiary/aromatic N) is 1. The van der Waals surface area contributed by atoms with Crippen LogP contribution >= 0.6 is 27.5 Å². The molecule has 2 nitrogen and oxygen atoms in total. The number of pyridine rings is 1. The van der Waals surface area contributed by atoms with Gasteiger partial charge in [-0.3, -0.25) is 0 Å². The van der Waals surface area contributed by atoms with Crippen molar-refractivity contribution >= 4 is 27.5 Å². The maximum absolute atomic E-state index is 5.94. The summed E-state index contributed by atoms with van der Waals surface area (Å²) < 4.78 is 6.93. The fourth-order valence-electron chi connectivity index (χ4n) is 2.15. The van der Waals surface area contributed by atoms with Crippen molar-refractivity contribution in [3.05, 3.63) is 57.2 Å². The zero-order chi connectivity index (χ0) is 12.5.